The summed E-state index contributed by atoms with van der Waals surface area (Å²) in [4.78, 5) is 0. The molecule has 1 heterocycles. The van der Waals surface area contributed by atoms with Crippen molar-refractivity contribution in [3.8, 4) is 0 Å². The number of hydrogen-bond acceptors (Lipinski definition) is 1. The van der Waals surface area contributed by atoms with Gasteiger partial charge in [-0.05, 0) is 24.1 Å². The Balaban J connectivity index is 2.23. The van der Waals surface area contributed by atoms with E-state index in [4.69, 9.17) is 11.6 Å². The zero-order valence-electron chi connectivity index (χ0n) is 9.66. The van der Waals surface area contributed by atoms with Gasteiger partial charge in [-0.3, -0.25) is 4.68 Å². The van der Waals surface area contributed by atoms with E-state index in [1.54, 1.807) is 18.3 Å². The normalized spacial score (nSPS) is 10.8. The highest BCUT2D eigenvalue weighted by Gasteiger charge is 2.08. The Morgan fingerprint density at radius 1 is 1.29 bits per heavy atom. The van der Waals surface area contributed by atoms with Crippen LogP contribution in [0, 0.1) is 5.82 Å². The molecule has 4 heteroatoms. The van der Waals surface area contributed by atoms with Gasteiger partial charge in [0.05, 0.1) is 18.6 Å². The van der Waals surface area contributed by atoms with Crippen molar-refractivity contribution >= 4 is 11.6 Å². The van der Waals surface area contributed by atoms with Gasteiger partial charge in [-0.2, -0.15) is 5.10 Å². The molecule has 0 aliphatic carbocycles. The summed E-state index contributed by atoms with van der Waals surface area (Å²) < 4.78 is 14.7. The Morgan fingerprint density at radius 2 is 2.00 bits per heavy atom. The molecule has 1 aromatic heterocycles. The van der Waals surface area contributed by atoms with Crippen molar-refractivity contribution in [2.75, 3.05) is 0 Å². The van der Waals surface area contributed by atoms with Crippen molar-refractivity contribution in [3.05, 3.63) is 53.1 Å². The molecule has 0 amide bonds. The van der Waals surface area contributed by atoms with E-state index in [9.17, 15) is 4.39 Å². The summed E-state index contributed by atoms with van der Waals surface area (Å²) in [7, 11) is 0. The summed E-state index contributed by atoms with van der Waals surface area (Å²) in [5, 5.41) is 4.31. The summed E-state index contributed by atoms with van der Waals surface area (Å²) in [5.74, 6) is 0.262. The summed E-state index contributed by atoms with van der Waals surface area (Å²) in [6.07, 6.45) is 2.69. The fourth-order valence-electron chi connectivity index (χ4n) is 1.87. The van der Waals surface area contributed by atoms with Gasteiger partial charge in [0.25, 0.3) is 0 Å². The Morgan fingerprint density at radius 3 is 2.59 bits per heavy atom. The van der Waals surface area contributed by atoms with Crippen LogP contribution < -0.4 is 0 Å². The topological polar surface area (TPSA) is 17.8 Å². The van der Waals surface area contributed by atoms with E-state index in [0.29, 0.717) is 12.4 Å². The molecule has 90 valence electrons. The smallest absolute Gasteiger partial charge is 0.123 e. The Hall–Kier alpha value is -1.35. The van der Waals surface area contributed by atoms with E-state index < -0.39 is 0 Å². The maximum atomic E-state index is 12.8. The van der Waals surface area contributed by atoms with Gasteiger partial charge in [0.2, 0.25) is 0 Å². The van der Waals surface area contributed by atoms with Crippen LogP contribution in [0.4, 0.5) is 4.39 Å². The van der Waals surface area contributed by atoms with E-state index in [0.717, 1.165) is 23.2 Å². The molecule has 0 unspecified atom stereocenters. The van der Waals surface area contributed by atoms with Crippen molar-refractivity contribution in [1.82, 2.24) is 9.78 Å². The first-order valence-electron chi connectivity index (χ1n) is 5.58. The minimum Gasteiger partial charge on any atom is -0.265 e. The lowest BCUT2D eigenvalue weighted by Gasteiger charge is -2.07. The summed E-state index contributed by atoms with van der Waals surface area (Å²) in [5.41, 5.74) is 3.24. The minimum atomic E-state index is -0.216. The third kappa shape index (κ3) is 2.67. The van der Waals surface area contributed by atoms with Gasteiger partial charge in [0.1, 0.15) is 5.82 Å². The van der Waals surface area contributed by atoms with E-state index in [1.165, 1.54) is 12.1 Å². The predicted molar refractivity (Wildman–Crippen MR) is 66.7 cm³/mol. The van der Waals surface area contributed by atoms with Crippen LogP contribution in [0.3, 0.4) is 0 Å². The van der Waals surface area contributed by atoms with Gasteiger partial charge >= 0.3 is 0 Å². The van der Waals surface area contributed by atoms with Crippen molar-refractivity contribution in [2.24, 2.45) is 0 Å². The quantitative estimate of drug-likeness (QED) is 0.763. The standard InChI is InChI=1S/C13H14ClFN2/c1-2-13-11(7-14)8-16-17(13)9-10-3-5-12(15)6-4-10/h3-6,8H,2,7,9H2,1H3. The van der Waals surface area contributed by atoms with Crippen LogP contribution in [0.2, 0.25) is 0 Å². The van der Waals surface area contributed by atoms with Crippen molar-refractivity contribution < 1.29 is 4.39 Å². The number of benzene rings is 1. The average molecular weight is 253 g/mol. The first-order chi connectivity index (χ1) is 8.24. The summed E-state index contributed by atoms with van der Waals surface area (Å²) >= 11 is 5.85. The number of nitrogens with zero attached hydrogens (tertiary/aromatic N) is 2. The molecule has 0 fully saturated rings. The number of hydrogen-bond donors (Lipinski definition) is 0. The third-order valence-corrected chi connectivity index (χ3v) is 3.05. The molecule has 17 heavy (non-hydrogen) atoms. The Bertz CT molecular complexity index is 491. The van der Waals surface area contributed by atoms with Crippen LogP contribution in [0.1, 0.15) is 23.7 Å². The van der Waals surface area contributed by atoms with E-state index in [2.05, 4.69) is 12.0 Å². The second-order valence-corrected chi connectivity index (χ2v) is 4.16. The maximum absolute atomic E-state index is 12.8. The van der Waals surface area contributed by atoms with Gasteiger partial charge in [-0.25, -0.2) is 4.39 Å². The summed E-state index contributed by atoms with van der Waals surface area (Å²) in [6.45, 7) is 2.73. The molecule has 2 aromatic rings. The molecule has 0 spiro atoms. The average Bonchev–Trinajstić information content (AvgIpc) is 2.74. The monoisotopic (exact) mass is 252 g/mol. The fourth-order valence-corrected chi connectivity index (χ4v) is 2.09. The predicted octanol–water partition coefficient (Wildman–Crippen LogP) is 3.37. The van der Waals surface area contributed by atoms with Gasteiger partial charge < -0.3 is 0 Å². The van der Waals surface area contributed by atoms with Crippen LogP contribution in [-0.2, 0) is 18.8 Å². The molecule has 1 aromatic carbocycles. The van der Waals surface area contributed by atoms with Crippen molar-refractivity contribution in [1.29, 1.82) is 0 Å². The second-order valence-electron chi connectivity index (χ2n) is 3.89. The molecular formula is C13H14ClFN2. The SMILES string of the molecule is CCc1c(CCl)cnn1Cc1ccc(F)cc1. The zero-order chi connectivity index (χ0) is 12.3. The fraction of sp³-hybridized carbons (Fsp3) is 0.308. The van der Waals surface area contributed by atoms with Crippen LogP contribution in [-0.4, -0.2) is 9.78 Å². The molecule has 0 saturated heterocycles. The summed E-state index contributed by atoms with van der Waals surface area (Å²) in [6, 6.07) is 6.48. The van der Waals surface area contributed by atoms with Gasteiger partial charge in [-0.15, -0.1) is 11.6 Å². The first kappa shape index (κ1) is 12.1. The highest BCUT2D eigenvalue weighted by Crippen LogP contribution is 2.14. The highest BCUT2D eigenvalue weighted by atomic mass is 35.5. The van der Waals surface area contributed by atoms with Crippen molar-refractivity contribution in [3.63, 3.8) is 0 Å². The second kappa shape index (κ2) is 5.32. The van der Waals surface area contributed by atoms with E-state index >= 15 is 0 Å². The Kier molecular flexibility index (Phi) is 3.79. The number of rotatable bonds is 4. The van der Waals surface area contributed by atoms with Crippen LogP contribution in [0.25, 0.3) is 0 Å². The van der Waals surface area contributed by atoms with E-state index in [1.807, 2.05) is 4.68 Å². The van der Waals surface area contributed by atoms with Crippen LogP contribution >= 0.6 is 11.6 Å². The molecule has 0 saturated carbocycles. The lowest BCUT2D eigenvalue weighted by Crippen LogP contribution is -2.06. The third-order valence-electron chi connectivity index (χ3n) is 2.76. The lowest BCUT2D eigenvalue weighted by molar-refractivity contribution is 0.621. The zero-order valence-corrected chi connectivity index (χ0v) is 10.4. The molecule has 0 aliphatic rings. The molecule has 0 bridgehead atoms. The number of alkyl halides is 1. The molecule has 0 radical (unpaired) electrons. The van der Waals surface area contributed by atoms with Gasteiger partial charge in [0, 0.05) is 11.3 Å². The first-order valence-corrected chi connectivity index (χ1v) is 6.12. The van der Waals surface area contributed by atoms with Crippen LogP contribution in [0.5, 0.6) is 0 Å². The van der Waals surface area contributed by atoms with Crippen LogP contribution in [0.15, 0.2) is 30.5 Å². The molecule has 2 nitrogen and oxygen atoms in total. The molecule has 0 atom stereocenters. The highest BCUT2D eigenvalue weighted by molar-refractivity contribution is 6.17. The molecule has 0 N–H and O–H groups in total. The van der Waals surface area contributed by atoms with Crippen molar-refractivity contribution in [2.45, 2.75) is 25.8 Å². The lowest BCUT2D eigenvalue weighted by atomic mass is 10.2. The minimum absolute atomic E-state index is 0.216. The van der Waals surface area contributed by atoms with E-state index in [-0.39, 0.29) is 5.82 Å². The molecule has 0 aliphatic heterocycles. The maximum Gasteiger partial charge on any atom is 0.123 e. The number of halogens is 2. The van der Waals surface area contributed by atoms with Gasteiger partial charge in [-0.1, -0.05) is 19.1 Å². The Labute approximate surface area is 105 Å². The largest absolute Gasteiger partial charge is 0.265 e. The number of aromatic nitrogens is 2. The van der Waals surface area contributed by atoms with Gasteiger partial charge in [0.15, 0.2) is 0 Å². The molecular weight excluding hydrogens is 239 g/mol. The molecule has 2 rings (SSSR count).